The van der Waals surface area contributed by atoms with Gasteiger partial charge in [-0.15, -0.1) is 0 Å². The summed E-state index contributed by atoms with van der Waals surface area (Å²) in [5.41, 5.74) is 3.10. The second-order valence-corrected chi connectivity index (χ2v) is 14.4. The molecule has 0 aromatic heterocycles. The first kappa shape index (κ1) is 22.2. The summed E-state index contributed by atoms with van der Waals surface area (Å²) in [4.78, 5) is 12.9. The number of hydrogen-bond donors (Lipinski definition) is 0. The van der Waals surface area contributed by atoms with Crippen molar-refractivity contribution in [2.45, 2.75) is 113 Å². The van der Waals surface area contributed by atoms with E-state index in [0.717, 1.165) is 30.6 Å². The number of rotatable bonds is 0. The normalized spacial score (nSPS) is 56.2. The lowest BCUT2D eigenvalue weighted by molar-refractivity contribution is -0.239. The van der Waals surface area contributed by atoms with Crippen LogP contribution in [0.3, 0.4) is 0 Å². The third kappa shape index (κ3) is 2.59. The zero-order valence-electron chi connectivity index (χ0n) is 21.6. The molecule has 0 aromatic rings. The third-order valence-electron chi connectivity index (χ3n) is 13.3. The lowest BCUT2D eigenvalue weighted by Crippen LogP contribution is -2.66. The summed E-state index contributed by atoms with van der Waals surface area (Å²) in [6.07, 6.45) is 12.8. The maximum Gasteiger partial charge on any atom is 0.138 e. The van der Waals surface area contributed by atoms with Crippen LogP contribution in [0.1, 0.15) is 113 Å². The molecule has 31 heavy (non-hydrogen) atoms. The monoisotopic (exact) mass is 424 g/mol. The molecule has 5 rings (SSSR count). The highest BCUT2D eigenvalue weighted by Gasteiger charge is 2.69. The molecular weight excluding hydrogens is 376 g/mol. The summed E-state index contributed by atoms with van der Waals surface area (Å²) in [6.45, 7) is 22.3. The Morgan fingerprint density at radius 2 is 1.48 bits per heavy atom. The third-order valence-corrected chi connectivity index (χ3v) is 13.3. The largest absolute Gasteiger partial charge is 0.299 e. The maximum atomic E-state index is 12.9. The van der Waals surface area contributed by atoms with Crippen LogP contribution in [0.5, 0.6) is 0 Å². The molecule has 0 unspecified atom stereocenters. The summed E-state index contributed by atoms with van der Waals surface area (Å²) >= 11 is 0. The van der Waals surface area contributed by atoms with Crippen LogP contribution >= 0.6 is 0 Å². The molecule has 0 spiro atoms. The van der Waals surface area contributed by atoms with Crippen LogP contribution in [0, 0.1) is 56.7 Å². The van der Waals surface area contributed by atoms with E-state index in [9.17, 15) is 4.79 Å². The van der Waals surface area contributed by atoms with Crippen molar-refractivity contribution in [2.24, 2.45) is 56.7 Å². The van der Waals surface area contributed by atoms with Crippen molar-refractivity contribution in [1.29, 1.82) is 0 Å². The van der Waals surface area contributed by atoms with Crippen LogP contribution in [-0.4, -0.2) is 5.78 Å². The van der Waals surface area contributed by atoms with Crippen molar-refractivity contribution in [3.05, 3.63) is 12.2 Å². The lowest BCUT2D eigenvalue weighted by atomic mass is 9.31. The van der Waals surface area contributed by atoms with E-state index in [0.29, 0.717) is 39.3 Å². The fourth-order valence-electron chi connectivity index (χ4n) is 11.2. The molecule has 0 aliphatic heterocycles. The van der Waals surface area contributed by atoms with E-state index in [2.05, 4.69) is 55.0 Å². The van der Waals surface area contributed by atoms with E-state index in [4.69, 9.17) is 0 Å². The zero-order valence-corrected chi connectivity index (χ0v) is 21.6. The number of ketones is 1. The van der Waals surface area contributed by atoms with Crippen LogP contribution in [0.4, 0.5) is 0 Å². The van der Waals surface area contributed by atoms with Crippen molar-refractivity contribution >= 4 is 5.78 Å². The summed E-state index contributed by atoms with van der Waals surface area (Å²) in [7, 11) is 0. The Morgan fingerprint density at radius 1 is 0.774 bits per heavy atom. The topological polar surface area (TPSA) is 17.1 Å². The predicted octanol–water partition coefficient (Wildman–Crippen LogP) is 8.23. The molecule has 0 saturated heterocycles. The first-order valence-corrected chi connectivity index (χ1v) is 13.5. The first-order valence-electron chi connectivity index (χ1n) is 13.5. The van der Waals surface area contributed by atoms with Crippen LogP contribution in [0.2, 0.25) is 0 Å². The van der Waals surface area contributed by atoms with E-state index < -0.39 is 0 Å². The van der Waals surface area contributed by atoms with E-state index >= 15 is 0 Å². The van der Waals surface area contributed by atoms with Crippen molar-refractivity contribution in [3.8, 4) is 0 Å². The van der Waals surface area contributed by atoms with E-state index in [-0.39, 0.29) is 5.41 Å². The molecule has 9 atom stereocenters. The molecule has 5 aliphatic carbocycles. The summed E-state index contributed by atoms with van der Waals surface area (Å²) < 4.78 is 0. The standard InChI is InChI=1S/C30H48O/c1-19-11-14-27(5)17-18-29(7)21(25(27)20(19)2)9-10-23-28(6)15-13-24(31)26(3,4)22(28)12-16-30(23,29)8/h20-23,25H,1,9-18H2,2-8H3/t20-,21-,22+,23-,25+,27-,28+,29-,30-/m1/s1. The van der Waals surface area contributed by atoms with Gasteiger partial charge < -0.3 is 0 Å². The minimum atomic E-state index is -0.132. The second kappa shape index (κ2) is 6.50. The maximum absolute atomic E-state index is 12.9. The molecule has 0 bridgehead atoms. The predicted molar refractivity (Wildman–Crippen MR) is 130 cm³/mol. The average molecular weight is 425 g/mol. The van der Waals surface area contributed by atoms with Crippen molar-refractivity contribution < 1.29 is 4.79 Å². The van der Waals surface area contributed by atoms with Crippen molar-refractivity contribution in [3.63, 3.8) is 0 Å². The molecule has 0 radical (unpaired) electrons. The van der Waals surface area contributed by atoms with Gasteiger partial charge in [-0.3, -0.25) is 4.79 Å². The van der Waals surface area contributed by atoms with Crippen molar-refractivity contribution in [1.82, 2.24) is 0 Å². The van der Waals surface area contributed by atoms with Crippen LogP contribution in [0.15, 0.2) is 12.2 Å². The van der Waals surface area contributed by atoms with Crippen LogP contribution in [0.25, 0.3) is 0 Å². The highest BCUT2D eigenvalue weighted by Crippen LogP contribution is 2.76. The Hall–Kier alpha value is -0.590. The number of hydrogen-bond acceptors (Lipinski definition) is 1. The van der Waals surface area contributed by atoms with E-state index in [1.165, 1.54) is 56.9 Å². The van der Waals surface area contributed by atoms with Crippen LogP contribution < -0.4 is 0 Å². The lowest BCUT2D eigenvalue weighted by Gasteiger charge is -2.73. The van der Waals surface area contributed by atoms with Gasteiger partial charge in [-0.05, 0) is 109 Å². The van der Waals surface area contributed by atoms with Gasteiger partial charge in [-0.25, -0.2) is 0 Å². The van der Waals surface area contributed by atoms with Gasteiger partial charge in [0.25, 0.3) is 0 Å². The number of Topliss-reactive ketones (excluding diaryl/α,β-unsaturated/α-hetero) is 1. The van der Waals surface area contributed by atoms with Gasteiger partial charge in [0.15, 0.2) is 0 Å². The van der Waals surface area contributed by atoms with Gasteiger partial charge in [0.05, 0.1) is 0 Å². The first-order chi connectivity index (χ1) is 14.3. The highest BCUT2D eigenvalue weighted by molar-refractivity contribution is 5.85. The molecule has 1 nitrogen and oxygen atoms in total. The van der Waals surface area contributed by atoms with Gasteiger partial charge in [-0.1, -0.05) is 60.6 Å². The molecule has 1 heteroatoms. The number of fused-ring (bicyclic) bond motifs is 7. The fraction of sp³-hybridized carbons (Fsp3) is 0.900. The fourth-order valence-corrected chi connectivity index (χ4v) is 11.2. The highest BCUT2D eigenvalue weighted by atomic mass is 16.1. The number of allylic oxidation sites excluding steroid dienone is 1. The van der Waals surface area contributed by atoms with Crippen molar-refractivity contribution in [2.75, 3.05) is 0 Å². The van der Waals surface area contributed by atoms with E-state index in [1.807, 2.05) is 0 Å². The Balaban J connectivity index is 1.55. The van der Waals surface area contributed by atoms with Crippen LogP contribution in [-0.2, 0) is 4.79 Å². The van der Waals surface area contributed by atoms with Gasteiger partial charge in [-0.2, -0.15) is 0 Å². The summed E-state index contributed by atoms with van der Waals surface area (Å²) in [6, 6.07) is 0. The Labute approximate surface area is 192 Å². The number of carbonyl (C=O) groups is 1. The smallest absolute Gasteiger partial charge is 0.138 e. The molecular formula is C30H48O. The number of carbonyl (C=O) groups excluding carboxylic acids is 1. The average Bonchev–Trinajstić information content (AvgIpc) is 2.69. The molecule has 5 fully saturated rings. The Morgan fingerprint density at radius 3 is 2.19 bits per heavy atom. The molecule has 0 aromatic carbocycles. The molecule has 0 N–H and O–H groups in total. The van der Waals surface area contributed by atoms with Gasteiger partial charge in [0, 0.05) is 11.8 Å². The Kier molecular flexibility index (Phi) is 4.66. The second-order valence-electron chi connectivity index (χ2n) is 14.4. The molecule has 0 amide bonds. The molecule has 0 heterocycles. The SMILES string of the molecule is C=C1CC[C@]2(C)CC[C@]3(C)[C@H](CC[C@@H]4[C@@]5(C)CCC(=O)C(C)(C)[C@@H]5CC[C@]43C)[C@@H]2[C@@H]1C. The quantitative estimate of drug-likeness (QED) is 0.358. The minimum Gasteiger partial charge on any atom is -0.299 e. The summed E-state index contributed by atoms with van der Waals surface area (Å²) in [5.74, 6) is 4.22. The van der Waals surface area contributed by atoms with Gasteiger partial charge in [0.1, 0.15) is 5.78 Å². The molecule has 5 aliphatic rings. The zero-order chi connectivity index (χ0) is 22.6. The van der Waals surface area contributed by atoms with Gasteiger partial charge in [0.2, 0.25) is 0 Å². The minimum absolute atomic E-state index is 0.132. The summed E-state index contributed by atoms with van der Waals surface area (Å²) in [5, 5.41) is 0. The Bertz CT molecular complexity index is 807. The molecule has 5 saturated carbocycles. The van der Waals surface area contributed by atoms with Gasteiger partial charge >= 0.3 is 0 Å². The molecule has 174 valence electrons. The van der Waals surface area contributed by atoms with E-state index in [1.54, 1.807) is 0 Å².